The summed E-state index contributed by atoms with van der Waals surface area (Å²) < 4.78 is 35.0. The van der Waals surface area contributed by atoms with Crippen molar-refractivity contribution >= 4 is 21.4 Å². The minimum atomic E-state index is -3.73. The number of benzene rings is 2. The van der Waals surface area contributed by atoms with Gasteiger partial charge >= 0.3 is 0 Å². The molecule has 0 bridgehead atoms. The predicted octanol–water partition coefficient (Wildman–Crippen LogP) is 2.43. The molecule has 0 fully saturated rings. The van der Waals surface area contributed by atoms with Crippen LogP contribution < -0.4 is 9.47 Å². The lowest BCUT2D eigenvalue weighted by molar-refractivity contribution is -0.385. The van der Waals surface area contributed by atoms with Crippen LogP contribution in [-0.2, 0) is 16.4 Å². The Morgan fingerprint density at radius 2 is 1.93 bits per heavy atom. The van der Waals surface area contributed by atoms with Crippen molar-refractivity contribution in [2.24, 2.45) is 0 Å². The molecule has 1 aliphatic rings. The minimum absolute atomic E-state index is 0.0663. The van der Waals surface area contributed by atoms with Crippen molar-refractivity contribution in [3.63, 3.8) is 0 Å². The van der Waals surface area contributed by atoms with Crippen LogP contribution in [0.5, 0.6) is 11.5 Å². The summed E-state index contributed by atoms with van der Waals surface area (Å²) in [5.41, 5.74) is 0.204. The summed E-state index contributed by atoms with van der Waals surface area (Å²) in [5.74, 6) is 0.628. The van der Waals surface area contributed by atoms with Gasteiger partial charge in [0.1, 0.15) is 13.2 Å². The fourth-order valence-electron chi connectivity index (χ4n) is 3.00. The number of carbonyl (C=O) groups excluding carboxylic acids is 1. The molecule has 2 aromatic carbocycles. The maximum atomic E-state index is 13.0. The normalized spacial score (nSPS) is 13.0. The zero-order valence-corrected chi connectivity index (χ0v) is 16.8. The molecule has 0 atom stereocenters. The summed E-state index contributed by atoms with van der Waals surface area (Å²) in [6.45, 7) is 3.08. The molecule has 0 unspecified atom stereocenters. The molecule has 29 heavy (non-hydrogen) atoms. The number of amides is 1. The Balaban J connectivity index is 1.96. The van der Waals surface area contributed by atoms with E-state index in [0.717, 1.165) is 30.0 Å². The van der Waals surface area contributed by atoms with Gasteiger partial charge in [-0.25, -0.2) is 8.42 Å². The Morgan fingerprint density at radius 3 is 2.59 bits per heavy atom. The maximum absolute atomic E-state index is 13.0. The van der Waals surface area contributed by atoms with Gasteiger partial charge in [-0.15, -0.1) is 0 Å². The first kappa shape index (κ1) is 20.6. The molecule has 1 aliphatic heterocycles. The van der Waals surface area contributed by atoms with E-state index < -0.39 is 26.4 Å². The quantitative estimate of drug-likeness (QED) is 0.520. The first-order valence-corrected chi connectivity index (χ1v) is 10.8. The van der Waals surface area contributed by atoms with Gasteiger partial charge in [0.25, 0.3) is 11.6 Å². The molecule has 1 heterocycles. The number of para-hydroxylation sites is 1. The fraction of sp³-hybridized carbons (Fsp3) is 0.316. The van der Waals surface area contributed by atoms with Crippen molar-refractivity contribution in [3.8, 4) is 11.5 Å². The summed E-state index contributed by atoms with van der Waals surface area (Å²) in [6.07, 6.45) is 0.936. The van der Waals surface area contributed by atoms with E-state index in [0.29, 0.717) is 31.3 Å². The number of nitro groups is 1. The van der Waals surface area contributed by atoms with Crippen LogP contribution in [0.4, 0.5) is 5.69 Å². The Bertz CT molecular complexity index is 1070. The second kappa shape index (κ2) is 8.08. The topological polar surface area (TPSA) is 116 Å². The van der Waals surface area contributed by atoms with Crippen LogP contribution in [-0.4, -0.2) is 50.2 Å². The van der Waals surface area contributed by atoms with E-state index in [9.17, 15) is 23.3 Å². The zero-order valence-electron chi connectivity index (χ0n) is 16.0. The van der Waals surface area contributed by atoms with Gasteiger partial charge in [-0.1, -0.05) is 12.1 Å². The molecule has 3 rings (SSSR count). The first-order chi connectivity index (χ1) is 13.7. The van der Waals surface area contributed by atoms with Crippen LogP contribution in [0.15, 0.2) is 41.3 Å². The Kier molecular flexibility index (Phi) is 5.73. The van der Waals surface area contributed by atoms with Gasteiger partial charge in [-0.2, -0.15) is 0 Å². The average Bonchev–Trinajstić information content (AvgIpc) is 2.70. The number of nitro benzene ring substituents is 1. The highest BCUT2D eigenvalue weighted by molar-refractivity contribution is 7.90. The van der Waals surface area contributed by atoms with Gasteiger partial charge in [-0.3, -0.25) is 14.9 Å². The van der Waals surface area contributed by atoms with E-state index in [-0.39, 0.29) is 17.0 Å². The standard InChI is InChI=1S/C19H20N2O7S/c1-3-20(12-13-5-4-6-17-18(13)28-8-7-27-17)19(22)14-9-15(21(23)24)11-16(10-14)29(2,25)26/h4-6,9-11H,3,7-8,12H2,1-2H3. The summed E-state index contributed by atoms with van der Waals surface area (Å²) in [5, 5.41) is 11.2. The van der Waals surface area contributed by atoms with Gasteiger partial charge in [0.15, 0.2) is 21.3 Å². The Labute approximate surface area is 167 Å². The average molecular weight is 420 g/mol. The van der Waals surface area contributed by atoms with Crippen molar-refractivity contribution in [2.75, 3.05) is 26.0 Å². The number of ether oxygens (including phenoxy) is 2. The van der Waals surface area contributed by atoms with Crippen LogP contribution in [0.2, 0.25) is 0 Å². The van der Waals surface area contributed by atoms with Crippen LogP contribution >= 0.6 is 0 Å². The lowest BCUT2D eigenvalue weighted by atomic mass is 10.1. The summed E-state index contributed by atoms with van der Waals surface area (Å²) in [7, 11) is -3.73. The van der Waals surface area contributed by atoms with E-state index in [1.54, 1.807) is 25.1 Å². The highest BCUT2D eigenvalue weighted by Crippen LogP contribution is 2.34. The van der Waals surface area contributed by atoms with Gasteiger partial charge in [0, 0.05) is 42.6 Å². The molecule has 1 amide bonds. The Hall–Kier alpha value is -3.14. The number of fused-ring (bicyclic) bond motifs is 1. The molecule has 0 saturated carbocycles. The van der Waals surface area contributed by atoms with Crippen LogP contribution in [0.25, 0.3) is 0 Å². The highest BCUT2D eigenvalue weighted by Gasteiger charge is 2.24. The third-order valence-corrected chi connectivity index (χ3v) is 5.55. The first-order valence-electron chi connectivity index (χ1n) is 8.87. The summed E-state index contributed by atoms with van der Waals surface area (Å²) in [4.78, 5) is 24.7. The number of hydrogen-bond acceptors (Lipinski definition) is 7. The molecule has 0 aromatic heterocycles. The van der Waals surface area contributed by atoms with Gasteiger partial charge in [0.05, 0.1) is 9.82 Å². The van der Waals surface area contributed by atoms with Gasteiger partial charge in [-0.05, 0) is 19.1 Å². The monoisotopic (exact) mass is 420 g/mol. The van der Waals surface area contributed by atoms with Crippen molar-refractivity contribution in [3.05, 3.63) is 57.6 Å². The SMILES string of the molecule is CCN(Cc1cccc2c1OCCO2)C(=O)c1cc([N+](=O)[O-])cc(S(C)(=O)=O)c1. The van der Waals surface area contributed by atoms with Crippen LogP contribution in [0, 0.1) is 10.1 Å². The van der Waals surface area contributed by atoms with Crippen molar-refractivity contribution < 1.29 is 27.6 Å². The van der Waals surface area contributed by atoms with Crippen molar-refractivity contribution in [2.45, 2.75) is 18.4 Å². The predicted molar refractivity (Wildman–Crippen MR) is 104 cm³/mol. The lowest BCUT2D eigenvalue weighted by Crippen LogP contribution is -2.31. The molecule has 9 nitrogen and oxygen atoms in total. The summed E-state index contributed by atoms with van der Waals surface area (Å²) >= 11 is 0. The van der Waals surface area contributed by atoms with Crippen LogP contribution in [0.3, 0.4) is 0 Å². The third-order valence-electron chi connectivity index (χ3n) is 4.46. The minimum Gasteiger partial charge on any atom is -0.486 e. The van der Waals surface area contributed by atoms with Crippen LogP contribution in [0.1, 0.15) is 22.8 Å². The molecule has 0 aliphatic carbocycles. The molecular formula is C19H20N2O7S. The fourth-order valence-corrected chi connectivity index (χ4v) is 3.68. The number of sulfone groups is 1. The van der Waals surface area contributed by atoms with E-state index in [4.69, 9.17) is 9.47 Å². The van der Waals surface area contributed by atoms with Gasteiger partial charge < -0.3 is 14.4 Å². The molecule has 0 spiro atoms. The number of nitrogens with zero attached hydrogens (tertiary/aromatic N) is 2. The molecular weight excluding hydrogens is 400 g/mol. The second-order valence-corrected chi connectivity index (χ2v) is 8.52. The van der Waals surface area contributed by atoms with E-state index in [2.05, 4.69) is 0 Å². The zero-order chi connectivity index (χ0) is 21.2. The second-order valence-electron chi connectivity index (χ2n) is 6.51. The largest absolute Gasteiger partial charge is 0.486 e. The highest BCUT2D eigenvalue weighted by atomic mass is 32.2. The molecule has 154 valence electrons. The molecule has 0 saturated heterocycles. The number of rotatable bonds is 6. The van der Waals surface area contributed by atoms with E-state index in [1.807, 2.05) is 0 Å². The third kappa shape index (κ3) is 4.48. The summed E-state index contributed by atoms with van der Waals surface area (Å²) in [6, 6.07) is 8.55. The number of non-ortho nitro benzene ring substituents is 1. The number of carbonyl (C=O) groups is 1. The van der Waals surface area contributed by atoms with E-state index in [1.165, 1.54) is 4.90 Å². The van der Waals surface area contributed by atoms with Crippen molar-refractivity contribution in [1.29, 1.82) is 0 Å². The lowest BCUT2D eigenvalue weighted by Gasteiger charge is -2.25. The van der Waals surface area contributed by atoms with E-state index >= 15 is 0 Å². The molecule has 2 aromatic rings. The Morgan fingerprint density at radius 1 is 1.21 bits per heavy atom. The smallest absolute Gasteiger partial charge is 0.271 e. The molecule has 0 radical (unpaired) electrons. The number of hydrogen-bond donors (Lipinski definition) is 0. The van der Waals surface area contributed by atoms with Crippen molar-refractivity contribution in [1.82, 2.24) is 4.90 Å². The molecule has 0 N–H and O–H groups in total. The molecule has 10 heteroatoms. The maximum Gasteiger partial charge on any atom is 0.271 e. The van der Waals surface area contributed by atoms with Gasteiger partial charge in [0.2, 0.25) is 0 Å².